The summed E-state index contributed by atoms with van der Waals surface area (Å²) in [5, 5.41) is 20.1. The Morgan fingerprint density at radius 3 is 2.04 bits per heavy atom. The molecule has 7 nitrogen and oxygen atoms in total. The van der Waals surface area contributed by atoms with E-state index < -0.39 is 28.6 Å². The molecule has 2 rings (SSSR count). The van der Waals surface area contributed by atoms with Crippen molar-refractivity contribution < 1.29 is 19.6 Å². The van der Waals surface area contributed by atoms with Gasteiger partial charge in [0, 0.05) is 16.6 Å². The lowest BCUT2D eigenvalue weighted by Gasteiger charge is -2.17. The van der Waals surface area contributed by atoms with E-state index in [0.29, 0.717) is 5.56 Å². The van der Waals surface area contributed by atoms with Crippen LogP contribution < -0.4 is 5.73 Å². The highest BCUT2D eigenvalue weighted by Crippen LogP contribution is 2.18. The van der Waals surface area contributed by atoms with Crippen molar-refractivity contribution in [2.45, 2.75) is 18.9 Å². The van der Waals surface area contributed by atoms with Gasteiger partial charge in [0.2, 0.25) is 0 Å². The third-order valence-electron chi connectivity index (χ3n) is 3.96. The van der Waals surface area contributed by atoms with Crippen molar-refractivity contribution in [1.29, 1.82) is 0 Å². The Hall–Kier alpha value is -2.58. The predicted molar refractivity (Wildman–Crippen MR) is 98.8 cm³/mol. The van der Waals surface area contributed by atoms with Gasteiger partial charge in [0.1, 0.15) is 5.92 Å². The molecule has 0 aliphatic rings. The number of nitro benzene ring substituents is 1. The van der Waals surface area contributed by atoms with Gasteiger partial charge in [0.25, 0.3) is 5.69 Å². The molecule has 2 atom stereocenters. The fourth-order valence-electron chi connectivity index (χ4n) is 2.53. The Balaban J connectivity index is 2.09. The first-order valence-corrected chi connectivity index (χ1v) is 8.57. The molecule has 0 aliphatic carbocycles. The number of carbonyl (C=O) groups excluding carboxylic acids is 1. The van der Waals surface area contributed by atoms with Gasteiger partial charge in [0.05, 0.1) is 11.0 Å². The standard InChI is InChI=1S/C18H17BrN2O5/c19-13-5-1-12(2-6-13)10-16(20)17(22)15(18(23)24)9-11-3-7-14(8-4-11)21(25)26/h1-8,15-16H,9-10,20H2,(H,23,24)/t15?,16-/m0/s1. The highest BCUT2D eigenvalue weighted by molar-refractivity contribution is 9.10. The minimum absolute atomic E-state index is 0.0692. The van der Waals surface area contributed by atoms with E-state index in [-0.39, 0.29) is 18.5 Å². The Kier molecular flexibility index (Phi) is 6.59. The van der Waals surface area contributed by atoms with E-state index in [2.05, 4.69) is 15.9 Å². The molecular formula is C18H17BrN2O5. The molecule has 0 spiro atoms. The van der Waals surface area contributed by atoms with Crippen LogP contribution in [0, 0.1) is 16.0 Å². The van der Waals surface area contributed by atoms with E-state index in [1.54, 1.807) is 0 Å². The molecule has 2 aromatic rings. The quantitative estimate of drug-likeness (QED) is 0.384. The number of Topliss-reactive ketones (excluding diaryl/α,β-unsaturated/α-hetero) is 1. The van der Waals surface area contributed by atoms with Crippen LogP contribution in [0.1, 0.15) is 11.1 Å². The van der Waals surface area contributed by atoms with E-state index in [9.17, 15) is 24.8 Å². The first-order valence-electron chi connectivity index (χ1n) is 7.78. The first kappa shape index (κ1) is 19.7. The van der Waals surface area contributed by atoms with Crippen molar-refractivity contribution in [2.75, 3.05) is 0 Å². The highest BCUT2D eigenvalue weighted by Gasteiger charge is 2.30. The molecule has 0 saturated carbocycles. The summed E-state index contributed by atoms with van der Waals surface area (Å²) in [6.45, 7) is 0. The molecule has 26 heavy (non-hydrogen) atoms. The van der Waals surface area contributed by atoms with Crippen LogP contribution in [0.2, 0.25) is 0 Å². The zero-order valence-corrected chi connectivity index (χ0v) is 15.3. The van der Waals surface area contributed by atoms with Gasteiger partial charge in [-0.1, -0.05) is 40.2 Å². The summed E-state index contributed by atoms with van der Waals surface area (Å²) < 4.78 is 0.891. The molecule has 3 N–H and O–H groups in total. The number of benzene rings is 2. The van der Waals surface area contributed by atoms with Crippen LogP contribution in [0.5, 0.6) is 0 Å². The number of halogens is 1. The number of ketones is 1. The molecule has 1 unspecified atom stereocenters. The Morgan fingerprint density at radius 2 is 1.54 bits per heavy atom. The smallest absolute Gasteiger partial charge is 0.314 e. The second-order valence-corrected chi connectivity index (χ2v) is 6.77. The van der Waals surface area contributed by atoms with Crippen LogP contribution in [0.15, 0.2) is 53.0 Å². The van der Waals surface area contributed by atoms with Crippen molar-refractivity contribution in [1.82, 2.24) is 0 Å². The lowest BCUT2D eigenvalue weighted by molar-refractivity contribution is -0.384. The van der Waals surface area contributed by atoms with Gasteiger partial charge in [-0.15, -0.1) is 0 Å². The number of nitrogens with zero attached hydrogens (tertiary/aromatic N) is 1. The van der Waals surface area contributed by atoms with E-state index >= 15 is 0 Å². The molecule has 0 aromatic heterocycles. The number of nitrogens with two attached hydrogens (primary N) is 1. The van der Waals surface area contributed by atoms with Crippen LogP contribution >= 0.6 is 15.9 Å². The van der Waals surface area contributed by atoms with Crippen LogP contribution in [-0.2, 0) is 22.4 Å². The molecule has 0 heterocycles. The van der Waals surface area contributed by atoms with E-state index in [1.807, 2.05) is 24.3 Å². The van der Waals surface area contributed by atoms with Crippen molar-refractivity contribution in [3.8, 4) is 0 Å². The summed E-state index contributed by atoms with van der Waals surface area (Å²) in [6, 6.07) is 11.8. The van der Waals surface area contributed by atoms with Gasteiger partial charge in [-0.25, -0.2) is 0 Å². The Morgan fingerprint density at radius 1 is 1.04 bits per heavy atom. The number of carboxylic acid groups (broad SMARTS) is 1. The third kappa shape index (κ3) is 5.21. The van der Waals surface area contributed by atoms with E-state index in [4.69, 9.17) is 5.73 Å². The SMILES string of the molecule is N[C@@H](Cc1ccc(Br)cc1)C(=O)C(Cc1ccc([N+](=O)[O-])cc1)C(=O)O. The van der Waals surface area contributed by atoms with Gasteiger partial charge in [-0.3, -0.25) is 19.7 Å². The molecule has 8 heteroatoms. The molecule has 0 bridgehead atoms. The zero-order chi connectivity index (χ0) is 19.3. The van der Waals surface area contributed by atoms with Crippen molar-refractivity contribution in [3.63, 3.8) is 0 Å². The second kappa shape index (κ2) is 8.68. The summed E-state index contributed by atoms with van der Waals surface area (Å²) in [7, 11) is 0. The van der Waals surface area contributed by atoms with Crippen molar-refractivity contribution in [3.05, 3.63) is 74.2 Å². The molecule has 0 saturated heterocycles. The summed E-state index contributed by atoms with van der Waals surface area (Å²) in [5.41, 5.74) is 7.18. The normalized spacial score (nSPS) is 13.0. The maximum atomic E-state index is 12.5. The Bertz CT molecular complexity index is 805. The summed E-state index contributed by atoms with van der Waals surface area (Å²) in [6.07, 6.45) is 0.163. The molecule has 0 amide bonds. The fourth-order valence-corrected chi connectivity index (χ4v) is 2.80. The number of carboxylic acids is 1. The molecule has 2 aromatic carbocycles. The van der Waals surface area contributed by atoms with Gasteiger partial charge < -0.3 is 10.8 Å². The topological polar surface area (TPSA) is 124 Å². The second-order valence-electron chi connectivity index (χ2n) is 5.86. The van der Waals surface area contributed by atoms with Gasteiger partial charge >= 0.3 is 5.97 Å². The van der Waals surface area contributed by atoms with Crippen molar-refractivity contribution in [2.24, 2.45) is 11.7 Å². The van der Waals surface area contributed by atoms with Gasteiger partial charge in [-0.2, -0.15) is 0 Å². The first-order chi connectivity index (χ1) is 12.3. The predicted octanol–water partition coefficient (Wildman–Crippen LogP) is 2.74. The number of nitro groups is 1. The largest absolute Gasteiger partial charge is 0.481 e. The fraction of sp³-hybridized carbons (Fsp3) is 0.222. The lowest BCUT2D eigenvalue weighted by Crippen LogP contribution is -2.41. The van der Waals surface area contributed by atoms with Gasteiger partial charge in [0.15, 0.2) is 5.78 Å². The van der Waals surface area contributed by atoms with Crippen LogP contribution in [0.4, 0.5) is 5.69 Å². The highest BCUT2D eigenvalue weighted by atomic mass is 79.9. The average molecular weight is 421 g/mol. The third-order valence-corrected chi connectivity index (χ3v) is 4.49. The zero-order valence-electron chi connectivity index (χ0n) is 13.7. The number of non-ortho nitro benzene ring substituents is 1. The molecular weight excluding hydrogens is 404 g/mol. The van der Waals surface area contributed by atoms with Gasteiger partial charge in [-0.05, 0) is 36.1 Å². The monoisotopic (exact) mass is 420 g/mol. The van der Waals surface area contributed by atoms with E-state index in [0.717, 1.165) is 10.0 Å². The van der Waals surface area contributed by atoms with Crippen LogP contribution in [0.25, 0.3) is 0 Å². The number of carbonyl (C=O) groups is 2. The summed E-state index contributed by atoms with van der Waals surface area (Å²) in [5.74, 6) is -3.14. The molecule has 0 aliphatic heterocycles. The number of aliphatic carboxylic acids is 1. The lowest BCUT2D eigenvalue weighted by atomic mass is 9.89. The number of rotatable bonds is 8. The van der Waals surface area contributed by atoms with Crippen LogP contribution in [0.3, 0.4) is 0 Å². The minimum atomic E-state index is -1.30. The number of hydrogen-bond acceptors (Lipinski definition) is 5. The summed E-state index contributed by atoms with van der Waals surface area (Å²) >= 11 is 3.32. The van der Waals surface area contributed by atoms with Crippen LogP contribution in [-0.4, -0.2) is 27.8 Å². The number of hydrogen-bond donors (Lipinski definition) is 2. The molecule has 0 radical (unpaired) electrons. The Labute approximate surface area is 158 Å². The molecule has 0 fully saturated rings. The minimum Gasteiger partial charge on any atom is -0.481 e. The maximum Gasteiger partial charge on any atom is 0.314 e. The maximum absolute atomic E-state index is 12.5. The summed E-state index contributed by atoms with van der Waals surface area (Å²) in [4.78, 5) is 34.2. The average Bonchev–Trinajstić information content (AvgIpc) is 2.61. The molecule has 136 valence electrons. The van der Waals surface area contributed by atoms with E-state index in [1.165, 1.54) is 24.3 Å². The van der Waals surface area contributed by atoms with Crippen molar-refractivity contribution >= 4 is 33.4 Å².